The maximum absolute atomic E-state index is 13.0. The predicted molar refractivity (Wildman–Crippen MR) is 121 cm³/mol. The van der Waals surface area contributed by atoms with Crippen molar-refractivity contribution in [3.8, 4) is 11.8 Å². The zero-order valence-corrected chi connectivity index (χ0v) is 20.0. The topological polar surface area (TPSA) is 86.1 Å². The number of sulfonamides is 1. The van der Waals surface area contributed by atoms with Gasteiger partial charge in [-0.05, 0) is 50.1 Å². The molecule has 0 bridgehead atoms. The molecule has 0 aliphatic carbocycles. The van der Waals surface area contributed by atoms with Gasteiger partial charge >= 0.3 is 6.01 Å². The third kappa shape index (κ3) is 5.38. The van der Waals surface area contributed by atoms with Gasteiger partial charge in [-0.1, -0.05) is 59.8 Å². The highest BCUT2D eigenvalue weighted by Gasteiger charge is 2.29. The molecule has 0 aliphatic heterocycles. The Morgan fingerprint density at radius 1 is 1.06 bits per heavy atom. The van der Waals surface area contributed by atoms with E-state index in [1.807, 2.05) is 52.0 Å². The highest BCUT2D eigenvalue weighted by atomic mass is 35.5. The van der Waals surface area contributed by atoms with Gasteiger partial charge in [-0.3, -0.25) is 4.57 Å². The van der Waals surface area contributed by atoms with Crippen molar-refractivity contribution in [2.45, 2.75) is 45.2 Å². The van der Waals surface area contributed by atoms with E-state index in [1.54, 1.807) is 4.57 Å². The fraction of sp³-hybridized carbons (Fsp3) is 0.333. The number of ether oxygens (including phenoxy) is 1. The molecule has 3 aromatic rings. The van der Waals surface area contributed by atoms with E-state index in [9.17, 15) is 8.42 Å². The summed E-state index contributed by atoms with van der Waals surface area (Å²) in [6.45, 7) is 8.21. The molecule has 1 atom stereocenters. The zero-order valence-electron chi connectivity index (χ0n) is 17.6. The lowest BCUT2D eigenvalue weighted by Gasteiger charge is -2.22. The molecule has 1 aromatic heterocycles. The second kappa shape index (κ2) is 9.56. The fourth-order valence-corrected chi connectivity index (χ4v) is 4.71. The van der Waals surface area contributed by atoms with Crippen molar-refractivity contribution in [2.75, 3.05) is 0 Å². The van der Waals surface area contributed by atoms with Gasteiger partial charge in [-0.15, -0.1) is 5.10 Å². The summed E-state index contributed by atoms with van der Waals surface area (Å²) in [6, 6.07) is 11.4. The molecule has 166 valence electrons. The van der Waals surface area contributed by atoms with E-state index in [1.165, 1.54) is 18.2 Å². The Morgan fingerprint density at radius 3 is 2.32 bits per heavy atom. The molecule has 0 saturated carbocycles. The number of aryl methyl sites for hydroxylation is 1. The number of hydrogen-bond donors (Lipinski definition) is 1. The number of hydrogen-bond acceptors (Lipinski definition) is 5. The second-order valence-corrected chi connectivity index (χ2v) is 9.95. The van der Waals surface area contributed by atoms with Crippen molar-refractivity contribution < 1.29 is 13.2 Å². The van der Waals surface area contributed by atoms with Crippen LogP contribution in [0, 0.1) is 12.8 Å². The molecular weight excluding hydrogens is 459 g/mol. The van der Waals surface area contributed by atoms with Crippen LogP contribution in [0.25, 0.3) is 0 Å². The smallest absolute Gasteiger partial charge is 0.322 e. The maximum Gasteiger partial charge on any atom is 0.322 e. The molecule has 31 heavy (non-hydrogen) atoms. The van der Waals surface area contributed by atoms with Crippen LogP contribution in [0.2, 0.25) is 10.0 Å². The van der Waals surface area contributed by atoms with Gasteiger partial charge in [0.25, 0.3) is 0 Å². The van der Waals surface area contributed by atoms with E-state index in [0.29, 0.717) is 24.1 Å². The molecule has 0 aliphatic rings. The second-order valence-electron chi connectivity index (χ2n) is 7.42. The fourth-order valence-electron chi connectivity index (χ4n) is 2.98. The number of halogens is 2. The van der Waals surface area contributed by atoms with Crippen molar-refractivity contribution in [3.05, 3.63) is 63.9 Å². The third-order valence-corrected chi connectivity index (χ3v) is 6.90. The first-order chi connectivity index (χ1) is 14.6. The molecule has 0 saturated heterocycles. The molecule has 3 rings (SSSR count). The average molecular weight is 483 g/mol. The highest BCUT2D eigenvalue weighted by molar-refractivity contribution is 7.89. The normalized spacial score (nSPS) is 12.9. The summed E-state index contributed by atoms with van der Waals surface area (Å²) in [7, 11) is -3.89. The molecule has 0 fully saturated rings. The average Bonchev–Trinajstić information content (AvgIpc) is 3.11. The van der Waals surface area contributed by atoms with Gasteiger partial charge in [0.15, 0.2) is 5.82 Å². The number of nitrogens with zero attached hydrogens (tertiary/aromatic N) is 3. The molecule has 1 heterocycles. The minimum atomic E-state index is -3.89. The van der Waals surface area contributed by atoms with Crippen molar-refractivity contribution in [1.82, 2.24) is 19.5 Å². The van der Waals surface area contributed by atoms with E-state index >= 15 is 0 Å². The monoisotopic (exact) mass is 482 g/mol. The first-order valence-corrected chi connectivity index (χ1v) is 12.0. The van der Waals surface area contributed by atoms with Crippen molar-refractivity contribution in [1.29, 1.82) is 0 Å². The SMILES string of the molecule is CCn1c(Oc2ccc(C)cc2)nnc1C(NS(=O)(=O)c1ccc(Cl)c(Cl)c1)C(C)C. The minimum absolute atomic E-state index is 0.0197. The Balaban J connectivity index is 1.93. The summed E-state index contributed by atoms with van der Waals surface area (Å²) in [5.74, 6) is 0.972. The van der Waals surface area contributed by atoms with Gasteiger partial charge in [0.1, 0.15) is 5.75 Å². The largest absolute Gasteiger partial charge is 0.424 e. The summed E-state index contributed by atoms with van der Waals surface area (Å²) in [5, 5.41) is 8.84. The summed E-state index contributed by atoms with van der Waals surface area (Å²) >= 11 is 11.9. The predicted octanol–water partition coefficient (Wildman–Crippen LogP) is 5.38. The van der Waals surface area contributed by atoms with Gasteiger partial charge in [-0.25, -0.2) is 13.1 Å². The zero-order chi connectivity index (χ0) is 22.8. The van der Waals surface area contributed by atoms with Crippen LogP contribution in [0.1, 0.15) is 38.2 Å². The molecule has 7 nitrogen and oxygen atoms in total. The van der Waals surface area contributed by atoms with Gasteiger partial charge in [0, 0.05) is 6.54 Å². The van der Waals surface area contributed by atoms with Gasteiger partial charge < -0.3 is 4.74 Å². The third-order valence-electron chi connectivity index (χ3n) is 4.72. The molecule has 1 N–H and O–H groups in total. The highest BCUT2D eigenvalue weighted by Crippen LogP contribution is 2.29. The molecular formula is C21H24Cl2N4O3S. The minimum Gasteiger partial charge on any atom is -0.424 e. The lowest BCUT2D eigenvalue weighted by Crippen LogP contribution is -2.33. The van der Waals surface area contributed by atoms with Crippen LogP contribution >= 0.6 is 23.2 Å². The quantitative estimate of drug-likeness (QED) is 0.465. The summed E-state index contributed by atoms with van der Waals surface area (Å²) < 4.78 is 36.4. The van der Waals surface area contributed by atoms with Crippen molar-refractivity contribution >= 4 is 33.2 Å². The number of nitrogens with one attached hydrogen (secondary N) is 1. The Kier molecular flexibility index (Phi) is 7.26. The van der Waals surface area contributed by atoms with Gasteiger partial charge in [-0.2, -0.15) is 0 Å². The molecule has 0 amide bonds. The molecule has 1 unspecified atom stereocenters. The van der Waals surface area contributed by atoms with E-state index in [0.717, 1.165) is 5.56 Å². The Labute approximate surface area is 192 Å². The van der Waals surface area contributed by atoms with Gasteiger partial charge in [0.2, 0.25) is 10.0 Å². The van der Waals surface area contributed by atoms with Crippen LogP contribution in [0.5, 0.6) is 11.8 Å². The molecule has 2 aromatic carbocycles. The standard InChI is InChI=1S/C21H24Cl2N4O3S/c1-5-27-20(24-25-21(27)30-15-8-6-14(4)7-9-15)19(13(2)3)26-31(28,29)16-10-11-17(22)18(23)12-16/h6-13,19,26H,5H2,1-4H3. The number of aromatic nitrogens is 3. The first-order valence-electron chi connectivity index (χ1n) is 9.77. The Morgan fingerprint density at radius 2 is 1.74 bits per heavy atom. The Bertz CT molecular complexity index is 1160. The number of benzene rings is 2. The van der Waals surface area contributed by atoms with E-state index < -0.39 is 16.1 Å². The summed E-state index contributed by atoms with van der Waals surface area (Å²) in [5.41, 5.74) is 1.11. The van der Waals surface area contributed by atoms with Crippen LogP contribution in [0.3, 0.4) is 0 Å². The summed E-state index contributed by atoms with van der Waals surface area (Å²) in [6.07, 6.45) is 0. The maximum atomic E-state index is 13.0. The van der Waals surface area contributed by atoms with E-state index in [2.05, 4.69) is 14.9 Å². The van der Waals surface area contributed by atoms with Crippen LogP contribution in [-0.4, -0.2) is 23.2 Å². The molecule has 0 spiro atoms. The Hall–Kier alpha value is -2.13. The van der Waals surface area contributed by atoms with Crippen LogP contribution in [0.4, 0.5) is 0 Å². The van der Waals surface area contributed by atoms with Crippen LogP contribution in [0.15, 0.2) is 47.4 Å². The molecule has 0 radical (unpaired) electrons. The molecule has 10 heteroatoms. The van der Waals surface area contributed by atoms with Crippen molar-refractivity contribution in [2.24, 2.45) is 5.92 Å². The van der Waals surface area contributed by atoms with E-state index in [-0.39, 0.29) is 20.9 Å². The lowest BCUT2D eigenvalue weighted by molar-refractivity contribution is 0.391. The van der Waals surface area contributed by atoms with Gasteiger partial charge in [0.05, 0.1) is 21.0 Å². The van der Waals surface area contributed by atoms with Crippen LogP contribution in [-0.2, 0) is 16.6 Å². The first kappa shape index (κ1) is 23.5. The lowest BCUT2D eigenvalue weighted by atomic mass is 10.1. The summed E-state index contributed by atoms with van der Waals surface area (Å²) in [4.78, 5) is 0.0197. The van der Waals surface area contributed by atoms with E-state index in [4.69, 9.17) is 27.9 Å². The number of rotatable bonds is 8. The van der Waals surface area contributed by atoms with Crippen molar-refractivity contribution in [3.63, 3.8) is 0 Å². The van der Waals surface area contributed by atoms with Crippen LogP contribution < -0.4 is 9.46 Å².